The first-order chi connectivity index (χ1) is 16.8. The molecule has 1 aliphatic rings. The van der Waals surface area contributed by atoms with E-state index in [-0.39, 0.29) is 21.3 Å². The van der Waals surface area contributed by atoms with Crippen LogP contribution in [0.2, 0.25) is 10.0 Å². The lowest BCUT2D eigenvalue weighted by Gasteiger charge is -2.26. The summed E-state index contributed by atoms with van der Waals surface area (Å²) in [4.78, 5) is 38.9. The van der Waals surface area contributed by atoms with Crippen molar-refractivity contribution in [2.45, 2.75) is 6.61 Å². The van der Waals surface area contributed by atoms with Gasteiger partial charge >= 0.3 is 6.03 Å². The normalized spacial score (nSPS) is 14.8. The van der Waals surface area contributed by atoms with Crippen LogP contribution in [0.25, 0.3) is 6.08 Å². The van der Waals surface area contributed by atoms with E-state index in [0.717, 1.165) is 10.5 Å². The van der Waals surface area contributed by atoms with E-state index in [1.807, 2.05) is 30.3 Å². The summed E-state index contributed by atoms with van der Waals surface area (Å²) >= 11 is 15.4. The summed E-state index contributed by atoms with van der Waals surface area (Å²) in [6.45, 7) is 0.317. The van der Waals surface area contributed by atoms with Gasteiger partial charge in [-0.25, -0.2) is 9.69 Å². The fourth-order valence-corrected chi connectivity index (χ4v) is 4.24. The molecule has 0 spiro atoms. The number of carbonyl (C=O) groups excluding carboxylic acids is 3. The lowest BCUT2D eigenvalue weighted by atomic mass is 10.1. The van der Waals surface area contributed by atoms with Gasteiger partial charge in [-0.2, -0.15) is 0 Å². The zero-order valence-corrected chi connectivity index (χ0v) is 21.3. The first-order valence-corrected chi connectivity index (χ1v) is 11.7. The van der Waals surface area contributed by atoms with Crippen LogP contribution >= 0.6 is 39.1 Å². The summed E-state index contributed by atoms with van der Waals surface area (Å²) < 4.78 is 12.0. The fourth-order valence-electron chi connectivity index (χ4n) is 3.38. The van der Waals surface area contributed by atoms with Crippen molar-refractivity contribution in [3.63, 3.8) is 0 Å². The Morgan fingerprint density at radius 3 is 2.43 bits per heavy atom. The minimum Gasteiger partial charge on any atom is -0.493 e. The largest absolute Gasteiger partial charge is 0.493 e. The lowest BCUT2D eigenvalue weighted by Crippen LogP contribution is -2.54. The molecule has 1 fully saturated rings. The van der Waals surface area contributed by atoms with E-state index in [9.17, 15) is 14.4 Å². The predicted octanol–water partition coefficient (Wildman–Crippen LogP) is 6.01. The molecular weight excluding hydrogens is 559 g/mol. The predicted molar refractivity (Wildman–Crippen MR) is 137 cm³/mol. The third-order valence-electron chi connectivity index (χ3n) is 5.05. The molecule has 3 aromatic rings. The average Bonchev–Trinajstić information content (AvgIpc) is 2.83. The molecule has 0 radical (unpaired) electrons. The molecule has 7 nitrogen and oxygen atoms in total. The highest BCUT2D eigenvalue weighted by Gasteiger charge is 2.37. The molecule has 1 saturated heterocycles. The number of hydrogen-bond donors (Lipinski definition) is 1. The second-order valence-electron chi connectivity index (χ2n) is 7.36. The highest BCUT2D eigenvalue weighted by atomic mass is 79.9. The fraction of sp³-hybridized carbons (Fsp3) is 0.0800. The van der Waals surface area contributed by atoms with Crippen LogP contribution in [-0.4, -0.2) is 25.0 Å². The summed E-state index contributed by atoms with van der Waals surface area (Å²) in [5.74, 6) is -0.777. The second-order valence-corrected chi connectivity index (χ2v) is 9.03. The van der Waals surface area contributed by atoms with E-state index in [4.69, 9.17) is 32.7 Å². The van der Waals surface area contributed by atoms with Crippen LogP contribution in [-0.2, 0) is 16.2 Å². The molecule has 0 bridgehead atoms. The highest BCUT2D eigenvalue weighted by molar-refractivity contribution is 9.10. The summed E-state index contributed by atoms with van der Waals surface area (Å²) in [6.07, 6.45) is 1.36. The van der Waals surface area contributed by atoms with Crippen LogP contribution in [0.5, 0.6) is 11.5 Å². The van der Waals surface area contributed by atoms with Gasteiger partial charge in [-0.3, -0.25) is 14.9 Å². The van der Waals surface area contributed by atoms with Gasteiger partial charge in [-0.05, 0) is 63.5 Å². The van der Waals surface area contributed by atoms with Gasteiger partial charge in [0.2, 0.25) is 0 Å². The number of anilines is 1. The number of benzene rings is 3. The van der Waals surface area contributed by atoms with Gasteiger partial charge in [0.1, 0.15) is 12.2 Å². The molecule has 0 aliphatic carbocycles. The van der Waals surface area contributed by atoms with Crippen LogP contribution in [0.4, 0.5) is 10.5 Å². The van der Waals surface area contributed by atoms with Gasteiger partial charge in [0, 0.05) is 0 Å². The molecule has 0 aromatic heterocycles. The number of imide groups is 2. The topological polar surface area (TPSA) is 84.9 Å². The Bertz CT molecular complexity index is 1360. The van der Waals surface area contributed by atoms with E-state index in [1.165, 1.54) is 31.4 Å². The number of nitrogens with one attached hydrogen (secondary N) is 1. The molecule has 3 aromatic carbocycles. The molecule has 35 heavy (non-hydrogen) atoms. The van der Waals surface area contributed by atoms with E-state index in [0.29, 0.717) is 28.1 Å². The van der Waals surface area contributed by atoms with Gasteiger partial charge in [-0.15, -0.1) is 0 Å². The third kappa shape index (κ3) is 5.35. The van der Waals surface area contributed by atoms with Gasteiger partial charge < -0.3 is 9.47 Å². The van der Waals surface area contributed by atoms with E-state index in [2.05, 4.69) is 21.2 Å². The molecule has 1 aliphatic heterocycles. The number of nitrogens with zero attached hydrogens (tertiary/aromatic N) is 1. The Morgan fingerprint density at radius 1 is 1.00 bits per heavy atom. The molecule has 1 N–H and O–H groups in total. The van der Waals surface area contributed by atoms with Gasteiger partial charge in [0.05, 0.1) is 27.3 Å². The van der Waals surface area contributed by atoms with Crippen molar-refractivity contribution in [2.24, 2.45) is 0 Å². The number of amides is 4. The van der Waals surface area contributed by atoms with Crippen molar-refractivity contribution < 1.29 is 23.9 Å². The minimum absolute atomic E-state index is 0.159. The molecule has 4 amide bonds. The number of methoxy groups -OCH3 is 1. The molecule has 0 atom stereocenters. The van der Waals surface area contributed by atoms with E-state index < -0.39 is 17.8 Å². The Morgan fingerprint density at radius 2 is 1.74 bits per heavy atom. The highest BCUT2D eigenvalue weighted by Crippen LogP contribution is 2.38. The molecule has 4 rings (SSSR count). The van der Waals surface area contributed by atoms with E-state index >= 15 is 0 Å². The molecule has 10 heteroatoms. The van der Waals surface area contributed by atoms with Crippen LogP contribution < -0.4 is 19.7 Å². The minimum atomic E-state index is -0.890. The average molecular weight is 576 g/mol. The van der Waals surface area contributed by atoms with Crippen molar-refractivity contribution in [1.82, 2.24) is 5.32 Å². The number of rotatable bonds is 6. The smallest absolute Gasteiger partial charge is 0.335 e. The maximum absolute atomic E-state index is 13.1. The molecule has 1 heterocycles. The monoisotopic (exact) mass is 574 g/mol. The maximum atomic E-state index is 13.1. The number of ether oxygens (including phenoxy) is 2. The van der Waals surface area contributed by atoms with Crippen molar-refractivity contribution in [1.29, 1.82) is 0 Å². The van der Waals surface area contributed by atoms with Crippen molar-refractivity contribution in [3.8, 4) is 11.5 Å². The molecule has 0 unspecified atom stereocenters. The number of urea groups is 1. The zero-order valence-electron chi connectivity index (χ0n) is 18.2. The first kappa shape index (κ1) is 24.8. The zero-order chi connectivity index (χ0) is 25.1. The Labute approximate surface area is 219 Å². The lowest BCUT2D eigenvalue weighted by molar-refractivity contribution is -0.122. The number of barbiturate groups is 1. The summed E-state index contributed by atoms with van der Waals surface area (Å²) in [7, 11) is 1.48. The van der Waals surface area contributed by atoms with Crippen LogP contribution in [0.3, 0.4) is 0 Å². The van der Waals surface area contributed by atoms with Crippen LogP contribution in [0, 0.1) is 0 Å². The maximum Gasteiger partial charge on any atom is 0.335 e. The van der Waals surface area contributed by atoms with E-state index in [1.54, 1.807) is 12.1 Å². The molecule has 178 valence electrons. The summed E-state index contributed by atoms with van der Waals surface area (Å²) in [5, 5.41) is 2.59. The Kier molecular flexibility index (Phi) is 7.45. The second kappa shape index (κ2) is 10.5. The number of carbonyl (C=O) groups is 3. The quantitative estimate of drug-likeness (QED) is 0.287. The van der Waals surface area contributed by atoms with Gasteiger partial charge in [-0.1, -0.05) is 53.5 Å². The summed E-state index contributed by atoms with van der Waals surface area (Å²) in [5.41, 5.74) is 1.37. The Hall–Kier alpha value is -3.33. The third-order valence-corrected chi connectivity index (χ3v) is 6.38. The summed E-state index contributed by atoms with van der Waals surface area (Å²) in [6, 6.07) is 16.3. The van der Waals surface area contributed by atoms with Crippen LogP contribution in [0.1, 0.15) is 11.1 Å². The SMILES string of the molecule is COc1cc(/C=C2\C(=O)NC(=O)N(c3ccc(Cl)c(Cl)c3)C2=O)cc(Br)c1OCc1ccccc1. The molecular formula is C25H17BrCl2N2O5. The Balaban J connectivity index is 1.65. The van der Waals surface area contributed by atoms with Gasteiger partial charge in [0.15, 0.2) is 11.5 Å². The van der Waals surface area contributed by atoms with Crippen molar-refractivity contribution in [3.05, 3.63) is 91.9 Å². The number of hydrogen-bond acceptors (Lipinski definition) is 5. The molecule has 0 saturated carbocycles. The number of halogens is 3. The van der Waals surface area contributed by atoms with Crippen molar-refractivity contribution >= 4 is 68.7 Å². The van der Waals surface area contributed by atoms with Gasteiger partial charge in [0.25, 0.3) is 11.8 Å². The standard InChI is InChI=1S/C25H17BrCl2N2O5/c1-34-21-11-15(10-18(26)22(21)35-13-14-5-3-2-4-6-14)9-17-23(31)29-25(33)30(24(17)32)16-7-8-19(27)20(28)12-16/h2-12H,13H2,1H3,(H,29,31,33)/b17-9+. The van der Waals surface area contributed by atoms with Crippen molar-refractivity contribution in [2.75, 3.05) is 12.0 Å². The first-order valence-electron chi connectivity index (χ1n) is 10.2. The van der Waals surface area contributed by atoms with Crippen LogP contribution in [0.15, 0.2) is 70.7 Å².